The Morgan fingerprint density at radius 1 is 1.50 bits per heavy atom. The summed E-state index contributed by atoms with van der Waals surface area (Å²) in [6, 6.07) is 3.72. The average Bonchev–Trinajstić information content (AvgIpc) is 2.29. The number of carbonyl (C=O) groups excluding carboxylic acids is 1. The predicted octanol–water partition coefficient (Wildman–Crippen LogP) is 1.89. The highest BCUT2D eigenvalue weighted by atomic mass is 35.5. The van der Waals surface area contributed by atoms with Crippen LogP contribution in [0.2, 0.25) is 0 Å². The van der Waals surface area contributed by atoms with Gasteiger partial charge in [0.25, 0.3) is 0 Å². The van der Waals surface area contributed by atoms with Crippen LogP contribution in [0.1, 0.15) is 18.0 Å². The SMILES string of the molecule is Cl.O=C1N[C@@H](c2ccc(O)c([N+](=O)[O-])c2)CCO1. The van der Waals surface area contributed by atoms with Crippen molar-refractivity contribution in [1.29, 1.82) is 0 Å². The third kappa shape index (κ3) is 2.80. The second-order valence-electron chi connectivity index (χ2n) is 3.63. The molecule has 1 aliphatic rings. The summed E-state index contributed by atoms with van der Waals surface area (Å²) in [6.07, 6.45) is -0.00908. The van der Waals surface area contributed by atoms with Gasteiger partial charge in [0.2, 0.25) is 0 Å². The second-order valence-corrected chi connectivity index (χ2v) is 3.63. The zero-order valence-corrected chi connectivity index (χ0v) is 9.98. The topological polar surface area (TPSA) is 102 Å². The highest BCUT2D eigenvalue weighted by Gasteiger charge is 2.23. The molecule has 0 saturated carbocycles. The summed E-state index contributed by atoms with van der Waals surface area (Å²) in [5.41, 5.74) is 0.203. The molecule has 1 aromatic carbocycles. The maximum Gasteiger partial charge on any atom is 0.407 e. The number of phenolic OH excluding ortho intramolecular Hbond substituents is 1. The maximum atomic E-state index is 11.0. The van der Waals surface area contributed by atoms with E-state index in [0.717, 1.165) is 0 Å². The largest absolute Gasteiger partial charge is 0.502 e. The van der Waals surface area contributed by atoms with Gasteiger partial charge in [0.1, 0.15) is 0 Å². The summed E-state index contributed by atoms with van der Waals surface area (Å²) >= 11 is 0. The lowest BCUT2D eigenvalue weighted by Gasteiger charge is -2.23. The first-order valence-electron chi connectivity index (χ1n) is 4.98. The van der Waals surface area contributed by atoms with Crippen molar-refractivity contribution in [3.05, 3.63) is 33.9 Å². The van der Waals surface area contributed by atoms with Crippen molar-refractivity contribution in [2.24, 2.45) is 0 Å². The number of nitro groups is 1. The number of benzene rings is 1. The average molecular weight is 275 g/mol. The van der Waals surface area contributed by atoms with E-state index in [9.17, 15) is 20.0 Å². The number of nitrogens with zero attached hydrogens (tertiary/aromatic N) is 1. The van der Waals surface area contributed by atoms with Crippen LogP contribution < -0.4 is 5.32 Å². The maximum absolute atomic E-state index is 11.0. The van der Waals surface area contributed by atoms with Gasteiger partial charge in [-0.05, 0) is 11.6 Å². The third-order valence-corrected chi connectivity index (χ3v) is 2.53. The number of phenols is 1. The lowest BCUT2D eigenvalue weighted by Crippen LogP contribution is -2.35. The summed E-state index contributed by atoms with van der Waals surface area (Å²) in [5.74, 6) is -0.392. The van der Waals surface area contributed by atoms with E-state index in [0.29, 0.717) is 12.0 Å². The molecule has 7 nitrogen and oxygen atoms in total. The summed E-state index contributed by atoms with van der Waals surface area (Å²) < 4.78 is 4.70. The van der Waals surface area contributed by atoms with Crippen LogP contribution >= 0.6 is 12.4 Å². The molecule has 1 heterocycles. The Morgan fingerprint density at radius 3 is 2.83 bits per heavy atom. The van der Waals surface area contributed by atoms with Crippen molar-refractivity contribution in [3.63, 3.8) is 0 Å². The molecule has 0 spiro atoms. The number of nitro benzene ring substituents is 1. The molecule has 1 aliphatic heterocycles. The lowest BCUT2D eigenvalue weighted by atomic mass is 10.0. The number of carbonyl (C=O) groups is 1. The number of halogens is 1. The van der Waals surface area contributed by atoms with Crippen LogP contribution in [0.4, 0.5) is 10.5 Å². The number of hydrogen-bond donors (Lipinski definition) is 2. The molecule has 2 N–H and O–H groups in total. The molecular formula is C10H11ClN2O5. The molecule has 0 aliphatic carbocycles. The standard InChI is InChI=1S/C10H10N2O5.ClH/c13-9-2-1-6(5-8(9)12(15)16)7-3-4-17-10(14)11-7;/h1-2,5,7,13H,3-4H2,(H,11,14);1H/t7-;/m1./s1. The first-order valence-corrected chi connectivity index (χ1v) is 4.98. The normalized spacial score (nSPS) is 18.2. The van der Waals surface area contributed by atoms with E-state index >= 15 is 0 Å². The quantitative estimate of drug-likeness (QED) is 0.633. The molecule has 18 heavy (non-hydrogen) atoms. The van der Waals surface area contributed by atoms with Crippen molar-refractivity contribution in [3.8, 4) is 5.75 Å². The van der Waals surface area contributed by atoms with Gasteiger partial charge in [0.15, 0.2) is 5.75 Å². The van der Waals surface area contributed by atoms with E-state index < -0.39 is 16.8 Å². The zero-order chi connectivity index (χ0) is 12.4. The van der Waals surface area contributed by atoms with Crippen LogP contribution in [-0.2, 0) is 4.74 Å². The fourth-order valence-electron chi connectivity index (χ4n) is 1.68. The molecule has 1 saturated heterocycles. The monoisotopic (exact) mass is 274 g/mol. The minimum Gasteiger partial charge on any atom is -0.502 e. The first kappa shape index (κ1) is 14.0. The summed E-state index contributed by atoms with van der Waals surface area (Å²) in [6.45, 7) is 0.269. The summed E-state index contributed by atoms with van der Waals surface area (Å²) in [5, 5.41) is 22.5. The van der Waals surface area contributed by atoms with E-state index in [1.807, 2.05) is 0 Å². The van der Waals surface area contributed by atoms with Crippen LogP contribution in [0.5, 0.6) is 5.75 Å². The molecule has 0 unspecified atom stereocenters. The van der Waals surface area contributed by atoms with Gasteiger partial charge < -0.3 is 15.2 Å². The molecule has 1 fully saturated rings. The van der Waals surface area contributed by atoms with E-state index in [1.54, 1.807) is 6.07 Å². The Labute approximate surface area is 108 Å². The fourth-order valence-corrected chi connectivity index (χ4v) is 1.68. The molecule has 0 bridgehead atoms. The molecular weight excluding hydrogens is 264 g/mol. The number of rotatable bonds is 2. The lowest BCUT2D eigenvalue weighted by molar-refractivity contribution is -0.385. The summed E-state index contributed by atoms with van der Waals surface area (Å²) in [7, 11) is 0. The number of nitrogens with one attached hydrogen (secondary N) is 1. The minimum atomic E-state index is -0.667. The van der Waals surface area contributed by atoms with E-state index in [4.69, 9.17) is 4.74 Å². The molecule has 2 rings (SSSR count). The molecule has 8 heteroatoms. The van der Waals surface area contributed by atoms with Gasteiger partial charge in [-0.2, -0.15) is 0 Å². The minimum absolute atomic E-state index is 0. The van der Waals surface area contributed by atoms with E-state index in [1.165, 1.54) is 12.1 Å². The van der Waals surface area contributed by atoms with Crippen molar-refractivity contribution >= 4 is 24.2 Å². The summed E-state index contributed by atoms with van der Waals surface area (Å²) in [4.78, 5) is 21.0. The number of cyclic esters (lactones) is 1. The Hall–Kier alpha value is -2.02. The zero-order valence-electron chi connectivity index (χ0n) is 9.16. The van der Waals surface area contributed by atoms with Gasteiger partial charge in [0, 0.05) is 12.5 Å². The highest BCUT2D eigenvalue weighted by Crippen LogP contribution is 2.30. The fraction of sp³-hybridized carbons (Fsp3) is 0.300. The van der Waals surface area contributed by atoms with Crippen molar-refractivity contribution in [1.82, 2.24) is 5.32 Å². The third-order valence-electron chi connectivity index (χ3n) is 2.53. The van der Waals surface area contributed by atoms with Crippen molar-refractivity contribution in [2.45, 2.75) is 12.5 Å². The van der Waals surface area contributed by atoms with Crippen LogP contribution in [0.3, 0.4) is 0 Å². The first-order chi connectivity index (χ1) is 8.08. The number of aromatic hydroxyl groups is 1. The second kappa shape index (κ2) is 5.54. The smallest absolute Gasteiger partial charge is 0.407 e. The molecule has 0 aromatic heterocycles. The predicted molar refractivity (Wildman–Crippen MR) is 63.9 cm³/mol. The van der Waals surface area contributed by atoms with Crippen LogP contribution in [0.25, 0.3) is 0 Å². The number of amides is 1. The Morgan fingerprint density at radius 2 is 2.22 bits per heavy atom. The van der Waals surface area contributed by atoms with Crippen molar-refractivity contribution in [2.75, 3.05) is 6.61 Å². The van der Waals surface area contributed by atoms with Gasteiger partial charge in [-0.15, -0.1) is 12.4 Å². The van der Waals surface area contributed by atoms with Crippen LogP contribution in [0.15, 0.2) is 18.2 Å². The van der Waals surface area contributed by atoms with Gasteiger partial charge in [0.05, 0.1) is 17.6 Å². The molecule has 1 atom stereocenters. The Bertz CT molecular complexity index is 479. The Balaban J connectivity index is 0.00000162. The molecule has 1 aromatic rings. The van der Waals surface area contributed by atoms with Crippen LogP contribution in [0, 0.1) is 10.1 Å². The molecule has 1 amide bonds. The van der Waals surface area contributed by atoms with Gasteiger partial charge in [-0.1, -0.05) is 6.07 Å². The van der Waals surface area contributed by atoms with Crippen LogP contribution in [-0.4, -0.2) is 22.7 Å². The highest BCUT2D eigenvalue weighted by molar-refractivity contribution is 5.85. The number of ether oxygens (including phenoxy) is 1. The molecule has 98 valence electrons. The van der Waals surface area contributed by atoms with E-state index in [-0.39, 0.29) is 30.7 Å². The van der Waals surface area contributed by atoms with E-state index in [2.05, 4.69) is 5.32 Å². The van der Waals surface area contributed by atoms with Gasteiger partial charge >= 0.3 is 11.8 Å². The van der Waals surface area contributed by atoms with Gasteiger partial charge in [-0.3, -0.25) is 10.1 Å². The molecule has 0 radical (unpaired) electrons. The number of hydrogen-bond acceptors (Lipinski definition) is 5. The Kier molecular flexibility index (Phi) is 4.33. The van der Waals surface area contributed by atoms with Crippen molar-refractivity contribution < 1.29 is 19.6 Å². The van der Waals surface area contributed by atoms with Gasteiger partial charge in [-0.25, -0.2) is 4.79 Å². The number of alkyl carbamates (subject to hydrolysis) is 1.